The van der Waals surface area contributed by atoms with Gasteiger partial charge < -0.3 is 20.1 Å². The van der Waals surface area contributed by atoms with E-state index < -0.39 is 18.2 Å². The monoisotopic (exact) mass is 402 g/mol. The quantitative estimate of drug-likeness (QED) is 0.550. The van der Waals surface area contributed by atoms with Gasteiger partial charge in [0.2, 0.25) is 0 Å². The van der Waals surface area contributed by atoms with Gasteiger partial charge in [0.25, 0.3) is 0 Å². The average molecular weight is 403 g/mol. The molecule has 0 radical (unpaired) electrons. The molecule has 1 aliphatic heterocycles. The third kappa shape index (κ3) is 6.66. The Kier molecular flexibility index (Phi) is 8.28. The fraction of sp³-hybridized carbons (Fsp3) is 0.625. The van der Waals surface area contributed by atoms with Gasteiger partial charge in [-0.15, -0.1) is 0 Å². The van der Waals surface area contributed by atoms with Crippen molar-refractivity contribution in [2.75, 3.05) is 6.61 Å². The van der Waals surface area contributed by atoms with E-state index in [2.05, 4.69) is 12.1 Å². The number of carboxylic acids is 1. The second-order valence-electron chi connectivity index (χ2n) is 8.62. The highest BCUT2D eigenvalue weighted by molar-refractivity contribution is 5.66. The minimum absolute atomic E-state index is 0.0177. The topological polar surface area (TPSA) is 87.0 Å². The Morgan fingerprint density at radius 3 is 2.79 bits per heavy atom. The normalized spacial score (nSPS) is 30.8. The van der Waals surface area contributed by atoms with Gasteiger partial charge in [0.1, 0.15) is 0 Å². The summed E-state index contributed by atoms with van der Waals surface area (Å²) in [7, 11) is 0. The Morgan fingerprint density at radius 2 is 2.03 bits per heavy atom. The molecule has 29 heavy (non-hydrogen) atoms. The number of aryl methyl sites for hydroxylation is 1. The van der Waals surface area contributed by atoms with Crippen molar-refractivity contribution in [3.63, 3.8) is 0 Å². The number of benzene rings is 1. The van der Waals surface area contributed by atoms with Gasteiger partial charge in [-0.3, -0.25) is 4.79 Å². The van der Waals surface area contributed by atoms with E-state index in [1.807, 2.05) is 30.4 Å². The molecule has 2 fully saturated rings. The van der Waals surface area contributed by atoms with E-state index in [-0.39, 0.29) is 24.4 Å². The summed E-state index contributed by atoms with van der Waals surface area (Å²) in [4.78, 5) is 10.7. The third-order valence-electron chi connectivity index (χ3n) is 6.47. The third-order valence-corrected chi connectivity index (χ3v) is 6.47. The number of hydrogen-bond donors (Lipinski definition) is 3. The first-order chi connectivity index (χ1) is 14.0. The zero-order chi connectivity index (χ0) is 20.6. The highest BCUT2D eigenvalue weighted by atomic mass is 16.5. The fourth-order valence-corrected chi connectivity index (χ4v) is 4.80. The molecule has 0 aromatic heterocycles. The second kappa shape index (κ2) is 10.9. The number of carboxylic acid groups (broad SMARTS) is 1. The summed E-state index contributed by atoms with van der Waals surface area (Å²) in [5.41, 5.74) is 1.21. The molecular formula is C24H34O5. The Morgan fingerprint density at radius 1 is 1.24 bits per heavy atom. The van der Waals surface area contributed by atoms with Crippen molar-refractivity contribution < 1.29 is 24.9 Å². The molecule has 3 N–H and O–H groups in total. The molecule has 1 aromatic carbocycles. The minimum atomic E-state index is -0.740. The number of ether oxygens (including phenoxy) is 1. The van der Waals surface area contributed by atoms with Crippen LogP contribution in [0.2, 0.25) is 0 Å². The summed E-state index contributed by atoms with van der Waals surface area (Å²) in [6.45, 7) is 0.656. The van der Waals surface area contributed by atoms with E-state index in [0.29, 0.717) is 31.8 Å². The number of fused-ring (bicyclic) bond motifs is 1. The molecule has 3 rings (SSSR count). The smallest absolute Gasteiger partial charge is 0.303 e. The highest BCUT2D eigenvalue weighted by Crippen LogP contribution is 2.42. The molecule has 1 heterocycles. The number of aliphatic hydroxyl groups excluding tert-OH is 2. The first-order valence-corrected chi connectivity index (χ1v) is 10.9. The van der Waals surface area contributed by atoms with Crippen LogP contribution in [0.1, 0.15) is 50.5 Å². The fourth-order valence-electron chi connectivity index (χ4n) is 4.80. The van der Waals surface area contributed by atoms with E-state index in [1.165, 1.54) is 5.56 Å². The van der Waals surface area contributed by atoms with Gasteiger partial charge >= 0.3 is 5.97 Å². The molecular weight excluding hydrogens is 368 g/mol. The van der Waals surface area contributed by atoms with Crippen LogP contribution in [0, 0.1) is 17.8 Å². The molecule has 5 nitrogen and oxygen atoms in total. The van der Waals surface area contributed by atoms with Crippen LogP contribution in [0.25, 0.3) is 0 Å². The van der Waals surface area contributed by atoms with Crippen LogP contribution < -0.4 is 0 Å². The lowest BCUT2D eigenvalue weighted by atomic mass is 9.86. The van der Waals surface area contributed by atoms with E-state index in [4.69, 9.17) is 9.84 Å². The van der Waals surface area contributed by atoms with Crippen LogP contribution >= 0.6 is 0 Å². The summed E-state index contributed by atoms with van der Waals surface area (Å²) in [6.07, 6.45) is 8.87. The van der Waals surface area contributed by atoms with Crippen molar-refractivity contribution in [3.8, 4) is 0 Å². The Hall–Kier alpha value is -1.69. The number of carbonyl (C=O) groups is 1. The van der Waals surface area contributed by atoms with Gasteiger partial charge in [0.05, 0.1) is 18.3 Å². The van der Waals surface area contributed by atoms with E-state index in [9.17, 15) is 15.0 Å². The molecule has 0 spiro atoms. The van der Waals surface area contributed by atoms with Crippen molar-refractivity contribution in [3.05, 3.63) is 48.0 Å². The molecule has 1 aliphatic carbocycles. The summed E-state index contributed by atoms with van der Waals surface area (Å²) in [6, 6.07) is 10.1. The van der Waals surface area contributed by atoms with Crippen molar-refractivity contribution in [1.29, 1.82) is 0 Å². The first kappa shape index (κ1) is 22.0. The van der Waals surface area contributed by atoms with Crippen LogP contribution in [0.5, 0.6) is 0 Å². The van der Waals surface area contributed by atoms with Gasteiger partial charge in [0, 0.05) is 25.4 Å². The second-order valence-corrected chi connectivity index (χ2v) is 8.62. The predicted octanol–water partition coefficient (Wildman–Crippen LogP) is 3.58. The van der Waals surface area contributed by atoms with Crippen molar-refractivity contribution in [2.24, 2.45) is 17.8 Å². The molecule has 1 saturated heterocycles. The largest absolute Gasteiger partial charge is 0.481 e. The van der Waals surface area contributed by atoms with Crippen LogP contribution in [0.15, 0.2) is 42.5 Å². The molecule has 160 valence electrons. The maximum absolute atomic E-state index is 10.7. The summed E-state index contributed by atoms with van der Waals surface area (Å²) in [5, 5.41) is 29.7. The summed E-state index contributed by atoms with van der Waals surface area (Å²) >= 11 is 0. The SMILES string of the molecule is O=C(O)CCC[C@H]1CC[C@@H]2[C@@H](/C=C/[C@@H](O)CCc3ccccc3)[C@H](O)C[C@@H]2OC1. The lowest BCUT2D eigenvalue weighted by Gasteiger charge is -2.21. The van der Waals surface area contributed by atoms with Gasteiger partial charge in [-0.2, -0.15) is 0 Å². The molecule has 2 aliphatic rings. The maximum Gasteiger partial charge on any atom is 0.303 e. The van der Waals surface area contributed by atoms with Crippen molar-refractivity contribution in [2.45, 2.75) is 69.7 Å². The molecule has 0 unspecified atom stereocenters. The van der Waals surface area contributed by atoms with Crippen LogP contribution in [0.4, 0.5) is 0 Å². The van der Waals surface area contributed by atoms with Gasteiger partial charge in [-0.1, -0.05) is 42.5 Å². The molecule has 5 heteroatoms. The number of rotatable bonds is 9. The van der Waals surface area contributed by atoms with E-state index in [0.717, 1.165) is 25.7 Å². The standard InChI is InChI=1S/C24H34O5/c25-19(11-9-17-5-2-1-3-6-17)12-14-20-21-13-10-18(7-4-8-24(27)28)16-29-23(21)15-22(20)26/h1-3,5-6,12,14,18-23,25-26H,4,7-11,13,15-16H2,(H,27,28)/b14-12+/t18-,19-,20+,21+,22+,23-/m0/s1. The molecule has 0 amide bonds. The minimum Gasteiger partial charge on any atom is -0.481 e. The van der Waals surface area contributed by atoms with Crippen LogP contribution in [-0.4, -0.2) is 46.2 Å². The van der Waals surface area contributed by atoms with Gasteiger partial charge in [0.15, 0.2) is 0 Å². The van der Waals surface area contributed by atoms with Crippen molar-refractivity contribution >= 4 is 5.97 Å². The van der Waals surface area contributed by atoms with Crippen LogP contribution in [-0.2, 0) is 16.0 Å². The average Bonchev–Trinajstić information content (AvgIpc) is 2.87. The maximum atomic E-state index is 10.7. The van der Waals surface area contributed by atoms with Gasteiger partial charge in [-0.25, -0.2) is 0 Å². The predicted molar refractivity (Wildman–Crippen MR) is 111 cm³/mol. The summed E-state index contributed by atoms with van der Waals surface area (Å²) in [5.74, 6) is -0.0510. The molecule has 6 atom stereocenters. The zero-order valence-electron chi connectivity index (χ0n) is 17.0. The summed E-state index contributed by atoms with van der Waals surface area (Å²) < 4.78 is 6.11. The molecule has 1 aromatic rings. The lowest BCUT2D eigenvalue weighted by molar-refractivity contribution is -0.137. The lowest BCUT2D eigenvalue weighted by Crippen LogP contribution is -2.21. The van der Waals surface area contributed by atoms with E-state index in [1.54, 1.807) is 0 Å². The zero-order valence-corrected chi connectivity index (χ0v) is 17.0. The Bertz CT molecular complexity index is 658. The number of hydrogen-bond acceptors (Lipinski definition) is 4. The molecule has 1 saturated carbocycles. The van der Waals surface area contributed by atoms with Crippen LogP contribution in [0.3, 0.4) is 0 Å². The van der Waals surface area contributed by atoms with E-state index >= 15 is 0 Å². The highest BCUT2D eigenvalue weighted by Gasteiger charge is 2.43. The Balaban J connectivity index is 1.49. The first-order valence-electron chi connectivity index (χ1n) is 10.9. The molecule has 0 bridgehead atoms. The number of aliphatic hydroxyl groups is 2. The Labute approximate surface area is 173 Å². The van der Waals surface area contributed by atoms with Crippen molar-refractivity contribution in [1.82, 2.24) is 0 Å². The van der Waals surface area contributed by atoms with Gasteiger partial charge in [-0.05, 0) is 55.9 Å². The number of aliphatic carboxylic acids is 1.